The maximum atomic E-state index is 6.76. The van der Waals surface area contributed by atoms with Crippen LogP contribution in [-0.2, 0) is 0 Å². The van der Waals surface area contributed by atoms with Gasteiger partial charge in [-0.2, -0.15) is 0 Å². The fourth-order valence-corrected chi connectivity index (χ4v) is 7.39. The fraction of sp³-hybridized carbons (Fsp3) is 0. The van der Waals surface area contributed by atoms with Crippen molar-refractivity contribution < 1.29 is 4.42 Å². The SMILES string of the molecule is c1ccc(-c2nc(-c3ccc(-c4ccccc4)c4ccccc34)nc(-c3cc4cccc(-c5ccccc5)c4c4oc5ccccc5c34)n2)cc1. The Hall–Kier alpha value is -6.91. The molecule has 51 heavy (non-hydrogen) atoms. The number of nitrogens with zero attached hydrogens (tertiary/aromatic N) is 3. The van der Waals surface area contributed by atoms with Gasteiger partial charge in [0.1, 0.15) is 11.2 Å². The van der Waals surface area contributed by atoms with E-state index in [4.69, 9.17) is 19.4 Å². The maximum Gasteiger partial charge on any atom is 0.164 e. The van der Waals surface area contributed by atoms with Crippen molar-refractivity contribution in [2.24, 2.45) is 0 Å². The minimum absolute atomic E-state index is 0.596. The van der Waals surface area contributed by atoms with Gasteiger partial charge in [0.15, 0.2) is 17.5 Å². The van der Waals surface area contributed by atoms with Gasteiger partial charge in [-0.05, 0) is 56.6 Å². The topological polar surface area (TPSA) is 51.8 Å². The zero-order valence-electron chi connectivity index (χ0n) is 27.5. The van der Waals surface area contributed by atoms with Crippen LogP contribution in [-0.4, -0.2) is 15.0 Å². The van der Waals surface area contributed by atoms with Gasteiger partial charge in [-0.25, -0.2) is 15.0 Å². The van der Waals surface area contributed by atoms with Gasteiger partial charge in [0.05, 0.1) is 0 Å². The molecule has 0 atom stereocenters. The van der Waals surface area contributed by atoms with E-state index in [1.165, 1.54) is 11.1 Å². The molecule has 10 aromatic rings. The largest absolute Gasteiger partial charge is 0.455 e. The molecule has 4 heteroatoms. The third-order valence-electron chi connectivity index (χ3n) is 9.73. The summed E-state index contributed by atoms with van der Waals surface area (Å²) in [6.45, 7) is 0. The summed E-state index contributed by atoms with van der Waals surface area (Å²) in [5, 5.41) is 6.36. The van der Waals surface area contributed by atoms with E-state index in [9.17, 15) is 0 Å². The lowest BCUT2D eigenvalue weighted by Gasteiger charge is -2.14. The molecule has 238 valence electrons. The van der Waals surface area contributed by atoms with E-state index in [2.05, 4.69) is 133 Å². The Morgan fingerprint density at radius 2 is 0.863 bits per heavy atom. The Balaban J connectivity index is 1.28. The van der Waals surface area contributed by atoms with Crippen LogP contribution in [0.15, 0.2) is 180 Å². The maximum absolute atomic E-state index is 6.76. The molecule has 0 saturated carbocycles. The van der Waals surface area contributed by atoms with E-state index in [-0.39, 0.29) is 0 Å². The van der Waals surface area contributed by atoms with Crippen molar-refractivity contribution in [2.75, 3.05) is 0 Å². The Labute approximate surface area is 294 Å². The third-order valence-corrected chi connectivity index (χ3v) is 9.73. The zero-order valence-corrected chi connectivity index (χ0v) is 27.5. The third kappa shape index (κ3) is 4.88. The molecule has 4 nitrogen and oxygen atoms in total. The summed E-state index contributed by atoms with van der Waals surface area (Å²) in [4.78, 5) is 15.7. The number of aromatic nitrogens is 3. The number of hydrogen-bond acceptors (Lipinski definition) is 4. The predicted octanol–water partition coefficient (Wildman–Crippen LogP) is 12.4. The summed E-state index contributed by atoms with van der Waals surface area (Å²) in [6, 6.07) is 60.9. The average molecular weight is 652 g/mol. The molecule has 8 aromatic carbocycles. The van der Waals surface area contributed by atoms with E-state index in [0.29, 0.717) is 17.5 Å². The average Bonchev–Trinajstić information content (AvgIpc) is 3.60. The summed E-state index contributed by atoms with van der Waals surface area (Å²) in [7, 11) is 0. The lowest BCUT2D eigenvalue weighted by atomic mass is 9.93. The quantitative estimate of drug-likeness (QED) is 0.186. The first-order chi connectivity index (χ1) is 25.3. The van der Waals surface area contributed by atoms with E-state index in [1.54, 1.807) is 0 Å². The van der Waals surface area contributed by atoms with Gasteiger partial charge >= 0.3 is 0 Å². The van der Waals surface area contributed by atoms with Crippen molar-refractivity contribution in [3.63, 3.8) is 0 Å². The van der Waals surface area contributed by atoms with Crippen LogP contribution in [0.4, 0.5) is 0 Å². The smallest absolute Gasteiger partial charge is 0.164 e. The summed E-state index contributed by atoms with van der Waals surface area (Å²) < 4.78 is 6.76. The second kappa shape index (κ2) is 11.9. The Bertz CT molecular complexity index is 2900. The van der Waals surface area contributed by atoms with E-state index >= 15 is 0 Å². The normalized spacial score (nSPS) is 11.5. The van der Waals surface area contributed by atoms with Gasteiger partial charge in [-0.1, -0.05) is 158 Å². The highest BCUT2D eigenvalue weighted by Crippen LogP contribution is 2.44. The van der Waals surface area contributed by atoms with Crippen LogP contribution < -0.4 is 0 Å². The molecular formula is C47H29N3O. The zero-order chi connectivity index (χ0) is 33.7. The summed E-state index contributed by atoms with van der Waals surface area (Å²) in [5.41, 5.74) is 9.02. The van der Waals surface area contributed by atoms with Crippen molar-refractivity contribution in [3.8, 4) is 56.4 Å². The number of furan rings is 1. The molecule has 0 saturated heterocycles. The molecule has 0 N–H and O–H groups in total. The molecule has 0 aliphatic carbocycles. The molecule has 0 amide bonds. The minimum atomic E-state index is 0.596. The number of para-hydroxylation sites is 1. The second-order valence-corrected chi connectivity index (χ2v) is 12.7. The summed E-state index contributed by atoms with van der Waals surface area (Å²) in [6.07, 6.45) is 0. The minimum Gasteiger partial charge on any atom is -0.455 e. The van der Waals surface area contributed by atoms with Gasteiger partial charge in [0.2, 0.25) is 0 Å². The lowest BCUT2D eigenvalue weighted by Crippen LogP contribution is -2.01. The molecule has 0 aliphatic heterocycles. The van der Waals surface area contributed by atoms with Crippen LogP contribution >= 0.6 is 0 Å². The number of rotatable bonds is 5. The van der Waals surface area contributed by atoms with Crippen LogP contribution in [0.1, 0.15) is 0 Å². The van der Waals surface area contributed by atoms with Crippen molar-refractivity contribution in [3.05, 3.63) is 176 Å². The molecule has 0 radical (unpaired) electrons. The molecule has 0 spiro atoms. The van der Waals surface area contributed by atoms with Crippen molar-refractivity contribution >= 4 is 43.5 Å². The van der Waals surface area contributed by atoms with Crippen molar-refractivity contribution in [1.82, 2.24) is 15.0 Å². The highest BCUT2D eigenvalue weighted by atomic mass is 16.3. The summed E-state index contributed by atoms with van der Waals surface area (Å²) >= 11 is 0. The standard InChI is InChI=1S/C47H29N3O/c1-4-15-30(16-5-1)34-27-28-38(37-23-11-10-22-36(34)37)46-48-45(32-19-8-3-9-20-32)49-47(50-46)40-29-33-21-14-25-35(31-17-6-2-7-18-31)42(33)44-43(40)39-24-12-13-26-41(39)51-44/h1-29H. The first kappa shape index (κ1) is 29.0. The number of hydrogen-bond donors (Lipinski definition) is 0. The molecule has 0 bridgehead atoms. The molecular weight excluding hydrogens is 623 g/mol. The molecule has 0 unspecified atom stereocenters. The van der Waals surface area contributed by atoms with Crippen LogP contribution in [0, 0.1) is 0 Å². The fourth-order valence-electron chi connectivity index (χ4n) is 7.39. The highest BCUT2D eigenvalue weighted by Gasteiger charge is 2.22. The van der Waals surface area contributed by atoms with E-state index in [1.807, 2.05) is 42.5 Å². The van der Waals surface area contributed by atoms with Gasteiger partial charge in [-0.3, -0.25) is 0 Å². The van der Waals surface area contributed by atoms with E-state index < -0.39 is 0 Å². The predicted molar refractivity (Wildman–Crippen MR) is 209 cm³/mol. The second-order valence-electron chi connectivity index (χ2n) is 12.7. The van der Waals surface area contributed by atoms with Gasteiger partial charge in [0.25, 0.3) is 0 Å². The van der Waals surface area contributed by atoms with Crippen LogP contribution in [0.3, 0.4) is 0 Å². The van der Waals surface area contributed by atoms with Crippen LogP contribution in [0.2, 0.25) is 0 Å². The first-order valence-electron chi connectivity index (χ1n) is 17.1. The van der Waals surface area contributed by atoms with Gasteiger partial charge in [-0.15, -0.1) is 0 Å². The highest BCUT2D eigenvalue weighted by molar-refractivity contribution is 6.23. The number of benzene rings is 8. The van der Waals surface area contributed by atoms with Crippen LogP contribution in [0.25, 0.3) is 99.9 Å². The van der Waals surface area contributed by atoms with Crippen molar-refractivity contribution in [1.29, 1.82) is 0 Å². The first-order valence-corrected chi connectivity index (χ1v) is 17.1. The lowest BCUT2D eigenvalue weighted by molar-refractivity contribution is 0.673. The Morgan fingerprint density at radius 3 is 1.57 bits per heavy atom. The monoisotopic (exact) mass is 651 g/mol. The molecule has 2 aromatic heterocycles. The van der Waals surface area contributed by atoms with Gasteiger partial charge in [0, 0.05) is 32.8 Å². The Morgan fingerprint density at radius 1 is 0.333 bits per heavy atom. The van der Waals surface area contributed by atoms with Gasteiger partial charge < -0.3 is 4.42 Å². The molecule has 0 aliphatic rings. The molecule has 10 rings (SSSR count). The molecule has 2 heterocycles. The van der Waals surface area contributed by atoms with E-state index in [0.717, 1.165) is 71.3 Å². The van der Waals surface area contributed by atoms with Crippen molar-refractivity contribution in [2.45, 2.75) is 0 Å². The number of fused-ring (bicyclic) bond motifs is 6. The molecule has 0 fully saturated rings. The van der Waals surface area contributed by atoms with Crippen LogP contribution in [0.5, 0.6) is 0 Å². The summed E-state index contributed by atoms with van der Waals surface area (Å²) in [5.74, 6) is 1.83. The Kier molecular flexibility index (Phi) is 6.78.